The number of hydrogen-bond acceptors (Lipinski definition) is 8. The predicted molar refractivity (Wildman–Crippen MR) is 115 cm³/mol. The lowest BCUT2D eigenvalue weighted by Gasteiger charge is -2.03. The summed E-state index contributed by atoms with van der Waals surface area (Å²) >= 11 is 2.63. The van der Waals surface area contributed by atoms with Crippen LogP contribution >= 0.6 is 22.7 Å². The summed E-state index contributed by atoms with van der Waals surface area (Å²) in [5.41, 5.74) is 0.850. The zero-order chi connectivity index (χ0) is 20.4. The summed E-state index contributed by atoms with van der Waals surface area (Å²) in [6.07, 6.45) is 0. The monoisotopic (exact) mass is 445 g/mol. The molecule has 1 amide bonds. The maximum atomic E-state index is 12.4. The number of carbonyl (C=O) groups is 1. The van der Waals surface area contributed by atoms with Gasteiger partial charge < -0.3 is 5.32 Å². The van der Waals surface area contributed by atoms with Crippen LogP contribution in [-0.4, -0.2) is 24.5 Å². The Labute approximate surface area is 174 Å². The molecular formula is C18H15N5O3S3. The number of thiophene rings is 1. The van der Waals surface area contributed by atoms with Crippen LogP contribution in [0.25, 0.3) is 10.1 Å². The maximum Gasteiger partial charge on any atom is 0.267 e. The Morgan fingerprint density at radius 1 is 1.00 bits per heavy atom. The third kappa shape index (κ3) is 4.59. The van der Waals surface area contributed by atoms with Gasteiger partial charge in [-0.05, 0) is 35.2 Å². The number of benzene rings is 2. The summed E-state index contributed by atoms with van der Waals surface area (Å²) < 4.78 is 23.6. The largest absolute Gasteiger partial charge is 0.356 e. The molecule has 0 aliphatic carbocycles. The number of nitrogens with one attached hydrogen (secondary N) is 2. The van der Waals surface area contributed by atoms with Gasteiger partial charge in [-0.2, -0.15) is 0 Å². The standard InChI is InChI=1S/C18H15N5O3S3/c19-29(25,26)13-7-5-11(6-8-13)10-20-17-22-23-18(28-17)21-16(24)15-9-12-3-1-2-4-14(12)27-15/h1-9H,10H2,(H,20,22)(H2,19,25,26)(H,21,23,24). The van der Waals surface area contributed by atoms with Gasteiger partial charge in [0, 0.05) is 11.2 Å². The highest BCUT2D eigenvalue weighted by Gasteiger charge is 2.13. The zero-order valence-corrected chi connectivity index (χ0v) is 17.3. The predicted octanol–water partition coefficient (Wildman–Crippen LogP) is 3.26. The van der Waals surface area contributed by atoms with Crippen molar-refractivity contribution in [2.45, 2.75) is 11.4 Å². The van der Waals surface area contributed by atoms with Gasteiger partial charge in [0.1, 0.15) is 0 Å². The van der Waals surface area contributed by atoms with Crippen LogP contribution in [0.4, 0.5) is 10.3 Å². The van der Waals surface area contributed by atoms with Gasteiger partial charge in [0.2, 0.25) is 20.3 Å². The van der Waals surface area contributed by atoms with Crippen molar-refractivity contribution >= 4 is 59.0 Å². The van der Waals surface area contributed by atoms with Gasteiger partial charge in [0.25, 0.3) is 5.91 Å². The van der Waals surface area contributed by atoms with Gasteiger partial charge in [-0.15, -0.1) is 21.5 Å². The van der Waals surface area contributed by atoms with Crippen LogP contribution in [0, 0.1) is 0 Å². The Balaban J connectivity index is 1.37. The summed E-state index contributed by atoms with van der Waals surface area (Å²) in [4.78, 5) is 13.1. The molecule has 0 atom stereocenters. The molecule has 0 aliphatic rings. The molecule has 0 unspecified atom stereocenters. The number of amides is 1. The molecular weight excluding hydrogens is 430 g/mol. The molecule has 0 aliphatic heterocycles. The number of primary sulfonamides is 1. The quantitative estimate of drug-likeness (QED) is 0.418. The molecule has 2 heterocycles. The fourth-order valence-electron chi connectivity index (χ4n) is 2.57. The minimum Gasteiger partial charge on any atom is -0.356 e. The van der Waals surface area contributed by atoms with Gasteiger partial charge in [0.15, 0.2) is 0 Å². The first kappa shape index (κ1) is 19.5. The zero-order valence-electron chi connectivity index (χ0n) is 14.8. The van der Waals surface area contributed by atoms with Gasteiger partial charge in [-0.3, -0.25) is 10.1 Å². The molecule has 0 radical (unpaired) electrons. The van der Waals surface area contributed by atoms with E-state index in [1.165, 1.54) is 34.8 Å². The average molecular weight is 446 g/mol. The molecule has 0 saturated carbocycles. The summed E-state index contributed by atoms with van der Waals surface area (Å²) in [5.74, 6) is -0.229. The van der Waals surface area contributed by atoms with Crippen molar-refractivity contribution < 1.29 is 13.2 Å². The topological polar surface area (TPSA) is 127 Å². The van der Waals surface area contributed by atoms with Crippen molar-refractivity contribution in [3.05, 3.63) is 65.0 Å². The Morgan fingerprint density at radius 2 is 1.72 bits per heavy atom. The molecule has 0 fully saturated rings. The maximum absolute atomic E-state index is 12.4. The highest BCUT2D eigenvalue weighted by atomic mass is 32.2. The van der Waals surface area contributed by atoms with Crippen LogP contribution in [0.15, 0.2) is 59.5 Å². The van der Waals surface area contributed by atoms with E-state index in [9.17, 15) is 13.2 Å². The van der Waals surface area contributed by atoms with Crippen LogP contribution in [0.1, 0.15) is 15.2 Å². The van der Waals surface area contributed by atoms with E-state index >= 15 is 0 Å². The lowest BCUT2D eigenvalue weighted by molar-refractivity contribution is 0.103. The van der Waals surface area contributed by atoms with Crippen molar-refractivity contribution in [2.75, 3.05) is 10.6 Å². The van der Waals surface area contributed by atoms with Crippen LogP contribution in [0.5, 0.6) is 0 Å². The molecule has 0 bridgehead atoms. The fraction of sp³-hybridized carbons (Fsp3) is 0.0556. The van der Waals surface area contributed by atoms with Crippen molar-refractivity contribution in [1.82, 2.24) is 10.2 Å². The number of rotatable bonds is 6. The third-order valence-electron chi connectivity index (χ3n) is 3.99. The molecule has 2 aromatic heterocycles. The Morgan fingerprint density at radius 3 is 2.45 bits per heavy atom. The second-order valence-electron chi connectivity index (χ2n) is 6.06. The first-order valence-electron chi connectivity index (χ1n) is 8.37. The first-order valence-corrected chi connectivity index (χ1v) is 11.6. The van der Waals surface area contributed by atoms with E-state index in [2.05, 4.69) is 20.8 Å². The minimum absolute atomic E-state index is 0.0587. The molecule has 148 valence electrons. The third-order valence-corrected chi connectivity index (χ3v) is 6.83. The summed E-state index contributed by atoms with van der Waals surface area (Å²) in [6, 6.07) is 15.9. The second-order valence-corrected chi connectivity index (χ2v) is 9.68. The number of aromatic nitrogens is 2. The van der Waals surface area contributed by atoms with Crippen molar-refractivity contribution in [1.29, 1.82) is 0 Å². The Bertz CT molecular complexity index is 1250. The Kier molecular flexibility index (Phi) is 5.28. The molecule has 4 N–H and O–H groups in total. The second kappa shape index (κ2) is 7.87. The Hall–Kier alpha value is -2.86. The van der Waals surface area contributed by atoms with Gasteiger partial charge in [-0.1, -0.05) is 41.7 Å². The number of hydrogen-bond donors (Lipinski definition) is 3. The molecule has 4 aromatic rings. The van der Waals surface area contributed by atoms with Gasteiger partial charge >= 0.3 is 0 Å². The molecule has 0 spiro atoms. The number of fused-ring (bicyclic) bond motifs is 1. The minimum atomic E-state index is -3.71. The molecule has 0 saturated heterocycles. The normalized spacial score (nSPS) is 11.5. The summed E-state index contributed by atoms with van der Waals surface area (Å²) in [6.45, 7) is 0.420. The first-order chi connectivity index (χ1) is 13.9. The van der Waals surface area contributed by atoms with Gasteiger partial charge in [0.05, 0.1) is 9.77 Å². The van der Waals surface area contributed by atoms with Crippen molar-refractivity contribution in [3.63, 3.8) is 0 Å². The smallest absolute Gasteiger partial charge is 0.267 e. The van der Waals surface area contributed by atoms with Crippen LogP contribution in [-0.2, 0) is 16.6 Å². The highest BCUT2D eigenvalue weighted by molar-refractivity contribution is 7.89. The average Bonchev–Trinajstić information content (AvgIpc) is 3.32. The van der Waals surface area contributed by atoms with Crippen LogP contribution < -0.4 is 15.8 Å². The number of nitrogens with zero attached hydrogens (tertiary/aromatic N) is 2. The number of nitrogens with two attached hydrogens (primary N) is 1. The number of carbonyl (C=O) groups excluding carboxylic acids is 1. The van der Waals surface area contributed by atoms with Crippen molar-refractivity contribution in [3.8, 4) is 0 Å². The number of anilines is 2. The summed E-state index contributed by atoms with van der Waals surface area (Å²) in [7, 11) is -3.71. The molecule has 2 aromatic carbocycles. The van der Waals surface area contributed by atoms with Crippen molar-refractivity contribution in [2.24, 2.45) is 5.14 Å². The summed E-state index contributed by atoms with van der Waals surface area (Å²) in [5, 5.41) is 20.9. The fourth-order valence-corrected chi connectivity index (χ4v) is 4.68. The lowest BCUT2D eigenvalue weighted by Crippen LogP contribution is -2.12. The van der Waals surface area contributed by atoms with E-state index < -0.39 is 10.0 Å². The van der Waals surface area contributed by atoms with E-state index in [1.54, 1.807) is 12.1 Å². The van der Waals surface area contributed by atoms with E-state index in [1.807, 2.05) is 30.3 Å². The molecule has 4 rings (SSSR count). The SMILES string of the molecule is NS(=O)(=O)c1ccc(CNc2nnc(NC(=O)c3cc4ccccc4s3)s2)cc1. The van der Waals surface area contributed by atoms with E-state index in [0.717, 1.165) is 15.6 Å². The van der Waals surface area contributed by atoms with Gasteiger partial charge in [-0.25, -0.2) is 13.6 Å². The number of sulfonamides is 1. The molecule has 29 heavy (non-hydrogen) atoms. The van der Waals surface area contributed by atoms with Crippen LogP contribution in [0.2, 0.25) is 0 Å². The van der Waals surface area contributed by atoms with E-state index in [-0.39, 0.29) is 10.8 Å². The molecule has 11 heteroatoms. The van der Waals surface area contributed by atoms with E-state index in [0.29, 0.717) is 21.7 Å². The van der Waals surface area contributed by atoms with Crippen LogP contribution in [0.3, 0.4) is 0 Å². The van der Waals surface area contributed by atoms with E-state index in [4.69, 9.17) is 5.14 Å². The molecule has 8 nitrogen and oxygen atoms in total. The lowest BCUT2D eigenvalue weighted by atomic mass is 10.2. The highest BCUT2D eigenvalue weighted by Crippen LogP contribution is 2.27.